The molecule has 0 radical (unpaired) electrons. The quantitative estimate of drug-likeness (QED) is 0.212. The number of hydrogen-bond donors (Lipinski definition) is 2. The smallest absolute Gasteiger partial charge is 0.243 e. The minimum absolute atomic E-state index is 0.288. The van der Waals surface area contributed by atoms with Crippen LogP contribution in [0.1, 0.15) is 39.2 Å². The molecule has 0 spiro atoms. The number of anilines is 1. The van der Waals surface area contributed by atoms with E-state index in [0.717, 1.165) is 41.5 Å². The van der Waals surface area contributed by atoms with E-state index in [2.05, 4.69) is 20.4 Å². The van der Waals surface area contributed by atoms with Crippen molar-refractivity contribution < 1.29 is 8.42 Å². The van der Waals surface area contributed by atoms with Gasteiger partial charge in [-0.15, -0.1) is 0 Å². The third-order valence-electron chi connectivity index (χ3n) is 5.26. The summed E-state index contributed by atoms with van der Waals surface area (Å²) in [6, 6.07) is 12.5. The van der Waals surface area contributed by atoms with E-state index < -0.39 is 10.0 Å². The van der Waals surface area contributed by atoms with Crippen LogP contribution in [0.15, 0.2) is 58.7 Å². The number of fused-ring (bicyclic) bond motifs is 1. The molecule has 10 heteroatoms. The standard InChI is InChI=1S/C24H30ClN5O2S2/c1-4-12-30(13-5-2)34(31,32)21-10-11-23-22(15-21)18(17-29(23)6-3)16-26-28-24(33)27-20-9-7-8-19(25)14-20/h7-11,14-17H,4-6,12-13H2,1-3H3,(H2,27,28,33)/b26-16-. The second kappa shape index (κ2) is 11.8. The van der Waals surface area contributed by atoms with Crippen molar-refractivity contribution in [1.82, 2.24) is 14.3 Å². The van der Waals surface area contributed by atoms with Crippen LogP contribution in [0.25, 0.3) is 10.9 Å². The van der Waals surface area contributed by atoms with Crippen LogP contribution in [0.4, 0.5) is 5.69 Å². The van der Waals surface area contributed by atoms with Crippen molar-refractivity contribution >= 4 is 61.8 Å². The summed E-state index contributed by atoms with van der Waals surface area (Å²) >= 11 is 11.3. The lowest BCUT2D eigenvalue weighted by molar-refractivity contribution is 0.410. The Hall–Kier alpha value is -2.46. The average molecular weight is 520 g/mol. The molecular formula is C24H30ClN5O2S2. The van der Waals surface area contributed by atoms with Crippen LogP contribution in [0.5, 0.6) is 0 Å². The minimum Gasteiger partial charge on any atom is -0.347 e. The van der Waals surface area contributed by atoms with Crippen molar-refractivity contribution in [2.45, 2.75) is 45.1 Å². The van der Waals surface area contributed by atoms with Crippen molar-refractivity contribution in [2.24, 2.45) is 5.10 Å². The van der Waals surface area contributed by atoms with Crippen molar-refractivity contribution in [2.75, 3.05) is 18.4 Å². The molecule has 0 unspecified atom stereocenters. The van der Waals surface area contributed by atoms with Gasteiger partial charge in [0.15, 0.2) is 5.11 Å². The predicted octanol–water partition coefficient (Wildman–Crippen LogP) is 5.45. The molecule has 1 aromatic heterocycles. The van der Waals surface area contributed by atoms with Gasteiger partial charge in [-0.2, -0.15) is 9.41 Å². The van der Waals surface area contributed by atoms with Gasteiger partial charge in [-0.1, -0.05) is 31.5 Å². The van der Waals surface area contributed by atoms with Crippen LogP contribution < -0.4 is 10.7 Å². The molecule has 1 heterocycles. The van der Waals surface area contributed by atoms with Gasteiger partial charge in [0.05, 0.1) is 11.1 Å². The van der Waals surface area contributed by atoms with Gasteiger partial charge in [-0.25, -0.2) is 8.42 Å². The van der Waals surface area contributed by atoms with E-state index in [9.17, 15) is 8.42 Å². The summed E-state index contributed by atoms with van der Waals surface area (Å²) in [6.07, 6.45) is 5.13. The molecule has 2 aromatic carbocycles. The number of rotatable bonds is 10. The maximum Gasteiger partial charge on any atom is 0.243 e. The van der Waals surface area contributed by atoms with Crippen molar-refractivity contribution in [3.05, 3.63) is 59.2 Å². The Morgan fingerprint density at radius 1 is 1.15 bits per heavy atom. The highest BCUT2D eigenvalue weighted by molar-refractivity contribution is 7.89. The normalized spacial score (nSPS) is 12.0. The Balaban J connectivity index is 1.86. The Bertz CT molecular complexity index is 1280. The number of benzene rings is 2. The van der Waals surface area contributed by atoms with Crippen LogP contribution in [0, 0.1) is 0 Å². The van der Waals surface area contributed by atoms with Gasteiger partial charge in [0.2, 0.25) is 10.0 Å². The number of thiocarbonyl (C=S) groups is 1. The van der Waals surface area contributed by atoms with Gasteiger partial charge in [-0.3, -0.25) is 5.43 Å². The Labute approximate surface area is 211 Å². The number of halogens is 1. The molecule has 3 rings (SSSR count). The highest BCUT2D eigenvalue weighted by Gasteiger charge is 2.24. The summed E-state index contributed by atoms with van der Waals surface area (Å²) in [6.45, 7) is 7.75. The Kier molecular flexibility index (Phi) is 9.07. The fourth-order valence-corrected chi connectivity index (χ4v) is 5.73. The second-order valence-electron chi connectivity index (χ2n) is 7.79. The maximum atomic E-state index is 13.3. The third-order valence-corrected chi connectivity index (χ3v) is 7.58. The maximum absolute atomic E-state index is 13.3. The van der Waals surface area contributed by atoms with E-state index in [-0.39, 0.29) is 4.90 Å². The number of nitrogens with one attached hydrogen (secondary N) is 2. The van der Waals surface area contributed by atoms with E-state index in [1.54, 1.807) is 34.8 Å². The zero-order valence-corrected chi connectivity index (χ0v) is 22.0. The Morgan fingerprint density at radius 2 is 1.88 bits per heavy atom. The molecule has 34 heavy (non-hydrogen) atoms. The number of hydrogen-bond acceptors (Lipinski definition) is 4. The first-order valence-electron chi connectivity index (χ1n) is 11.3. The van der Waals surface area contributed by atoms with Crippen LogP contribution in [-0.4, -0.2) is 41.7 Å². The van der Waals surface area contributed by atoms with Crippen molar-refractivity contribution in [1.29, 1.82) is 0 Å². The van der Waals surface area contributed by atoms with Crippen molar-refractivity contribution in [3.8, 4) is 0 Å². The molecular weight excluding hydrogens is 490 g/mol. The summed E-state index contributed by atoms with van der Waals surface area (Å²) in [4.78, 5) is 0.288. The molecule has 0 aliphatic carbocycles. The molecule has 0 fully saturated rings. The lowest BCUT2D eigenvalue weighted by Crippen LogP contribution is -2.32. The molecule has 0 aliphatic heterocycles. The molecule has 2 N–H and O–H groups in total. The summed E-state index contributed by atoms with van der Waals surface area (Å²) in [7, 11) is -3.58. The fourth-order valence-electron chi connectivity index (χ4n) is 3.71. The minimum atomic E-state index is -3.58. The molecule has 182 valence electrons. The lowest BCUT2D eigenvalue weighted by Gasteiger charge is -2.21. The molecule has 0 amide bonds. The van der Waals surface area contributed by atoms with Gasteiger partial charge in [0.25, 0.3) is 0 Å². The molecule has 0 aliphatic rings. The van der Waals surface area contributed by atoms with Crippen LogP contribution in [0.3, 0.4) is 0 Å². The second-order valence-corrected chi connectivity index (χ2v) is 10.6. The lowest BCUT2D eigenvalue weighted by atomic mass is 10.2. The zero-order chi connectivity index (χ0) is 24.7. The van der Waals surface area contributed by atoms with E-state index in [1.807, 2.05) is 45.2 Å². The van der Waals surface area contributed by atoms with Crippen LogP contribution in [0.2, 0.25) is 5.02 Å². The Morgan fingerprint density at radius 3 is 2.53 bits per heavy atom. The number of aryl methyl sites for hydroxylation is 1. The van der Waals surface area contributed by atoms with E-state index >= 15 is 0 Å². The number of hydrazone groups is 1. The SMILES string of the molecule is CCCN(CCC)S(=O)(=O)c1ccc2c(c1)c(/C=N\NC(=S)Nc1cccc(Cl)c1)cn2CC. The molecule has 0 saturated heterocycles. The molecule has 0 bridgehead atoms. The van der Waals surface area contributed by atoms with Crippen LogP contribution in [-0.2, 0) is 16.6 Å². The fraction of sp³-hybridized carbons (Fsp3) is 0.333. The molecule has 3 aromatic rings. The first-order chi connectivity index (χ1) is 16.3. The molecule has 0 saturated carbocycles. The number of nitrogens with zero attached hydrogens (tertiary/aromatic N) is 3. The first-order valence-corrected chi connectivity index (χ1v) is 13.5. The van der Waals surface area contributed by atoms with E-state index in [4.69, 9.17) is 23.8 Å². The summed E-state index contributed by atoms with van der Waals surface area (Å²) in [5, 5.41) is 9.01. The highest BCUT2D eigenvalue weighted by atomic mass is 35.5. The summed E-state index contributed by atoms with van der Waals surface area (Å²) in [5.74, 6) is 0. The third kappa shape index (κ3) is 6.15. The van der Waals surface area contributed by atoms with E-state index in [0.29, 0.717) is 23.2 Å². The van der Waals surface area contributed by atoms with Crippen molar-refractivity contribution in [3.63, 3.8) is 0 Å². The largest absolute Gasteiger partial charge is 0.347 e. The van der Waals surface area contributed by atoms with Gasteiger partial charge in [0.1, 0.15) is 0 Å². The number of sulfonamides is 1. The molecule has 0 atom stereocenters. The first kappa shape index (κ1) is 26.2. The van der Waals surface area contributed by atoms with E-state index in [1.165, 1.54) is 0 Å². The van der Waals surface area contributed by atoms with Crippen LogP contribution >= 0.6 is 23.8 Å². The monoisotopic (exact) mass is 519 g/mol. The van der Waals surface area contributed by atoms with Gasteiger partial charge >= 0.3 is 0 Å². The average Bonchev–Trinajstić information content (AvgIpc) is 3.16. The predicted molar refractivity (Wildman–Crippen MR) is 145 cm³/mol. The topological polar surface area (TPSA) is 78.7 Å². The zero-order valence-electron chi connectivity index (χ0n) is 19.6. The van der Waals surface area contributed by atoms with Gasteiger partial charge in [0, 0.05) is 53.0 Å². The summed E-state index contributed by atoms with van der Waals surface area (Å²) < 4.78 is 30.2. The summed E-state index contributed by atoms with van der Waals surface area (Å²) in [5.41, 5.74) is 5.29. The highest BCUT2D eigenvalue weighted by Crippen LogP contribution is 2.26. The van der Waals surface area contributed by atoms with Gasteiger partial charge < -0.3 is 9.88 Å². The van der Waals surface area contributed by atoms with Gasteiger partial charge in [-0.05, 0) is 68.4 Å². The number of aromatic nitrogens is 1. The molecule has 7 nitrogen and oxygen atoms in total.